The van der Waals surface area contributed by atoms with Gasteiger partial charge in [-0.05, 0) is 18.6 Å². The number of pyridine rings is 1. The van der Waals surface area contributed by atoms with Crippen molar-refractivity contribution in [1.82, 2.24) is 4.98 Å². The van der Waals surface area contributed by atoms with Gasteiger partial charge in [0, 0.05) is 5.69 Å². The molecule has 0 radical (unpaired) electrons. The number of aromatic carboxylic acids is 1. The summed E-state index contributed by atoms with van der Waals surface area (Å²) in [5.41, 5.74) is 6.39. The van der Waals surface area contributed by atoms with Gasteiger partial charge in [-0.3, -0.25) is 0 Å². The van der Waals surface area contributed by atoms with E-state index in [1.807, 2.05) is 6.92 Å². The van der Waals surface area contributed by atoms with Crippen molar-refractivity contribution in [3.8, 4) is 0 Å². The van der Waals surface area contributed by atoms with Crippen LogP contribution in [-0.4, -0.2) is 16.1 Å². The van der Waals surface area contributed by atoms with Crippen molar-refractivity contribution >= 4 is 11.8 Å². The number of nitrogens with two attached hydrogens (primary N) is 1. The largest absolute Gasteiger partial charge is 0.478 e. The van der Waals surface area contributed by atoms with Crippen molar-refractivity contribution in [2.45, 2.75) is 19.8 Å². The molecule has 0 amide bonds. The van der Waals surface area contributed by atoms with E-state index in [-0.39, 0.29) is 11.4 Å². The predicted octanol–water partition coefficient (Wildman–Crippen LogP) is 1.31. The average molecular weight is 180 g/mol. The van der Waals surface area contributed by atoms with Crippen LogP contribution in [0.3, 0.4) is 0 Å². The van der Waals surface area contributed by atoms with Gasteiger partial charge in [-0.2, -0.15) is 0 Å². The minimum atomic E-state index is -0.966. The fraction of sp³-hybridized carbons (Fsp3) is 0.333. The number of nitrogen functional groups attached to an aromatic ring is 1. The summed E-state index contributed by atoms with van der Waals surface area (Å²) < 4.78 is 0. The van der Waals surface area contributed by atoms with Crippen LogP contribution in [0.4, 0.5) is 5.82 Å². The molecule has 1 rings (SSSR count). The van der Waals surface area contributed by atoms with Gasteiger partial charge in [0.25, 0.3) is 0 Å². The Morgan fingerprint density at radius 1 is 1.62 bits per heavy atom. The van der Waals surface area contributed by atoms with Crippen molar-refractivity contribution in [2.75, 3.05) is 5.73 Å². The molecule has 4 nitrogen and oxygen atoms in total. The van der Waals surface area contributed by atoms with Crippen molar-refractivity contribution in [3.63, 3.8) is 0 Å². The van der Waals surface area contributed by atoms with E-state index in [2.05, 4.69) is 4.98 Å². The smallest absolute Gasteiger partial charge is 0.335 e. The Balaban J connectivity index is 3.03. The summed E-state index contributed by atoms with van der Waals surface area (Å²) >= 11 is 0. The van der Waals surface area contributed by atoms with E-state index < -0.39 is 5.97 Å². The molecule has 0 aliphatic carbocycles. The number of aryl methyl sites for hydroxylation is 1. The number of aromatic nitrogens is 1. The molecular formula is C9H12N2O2. The van der Waals surface area contributed by atoms with E-state index >= 15 is 0 Å². The molecule has 0 fully saturated rings. The monoisotopic (exact) mass is 180 g/mol. The van der Waals surface area contributed by atoms with Gasteiger partial charge in [0.05, 0.1) is 5.56 Å². The zero-order chi connectivity index (χ0) is 9.84. The molecule has 4 heteroatoms. The normalized spacial score (nSPS) is 9.92. The molecule has 13 heavy (non-hydrogen) atoms. The zero-order valence-electron chi connectivity index (χ0n) is 7.45. The molecule has 1 aromatic rings. The fourth-order valence-corrected chi connectivity index (χ4v) is 1.12. The standard InChI is InChI=1S/C9H12N2O2/c1-2-3-7-4-6(9(12)13)5-8(10)11-7/h4-5H,2-3H2,1H3,(H2,10,11)(H,12,13). The minimum Gasteiger partial charge on any atom is -0.478 e. The number of carboxylic acids is 1. The molecule has 0 aromatic carbocycles. The lowest BCUT2D eigenvalue weighted by atomic mass is 10.1. The first kappa shape index (κ1) is 9.51. The van der Waals surface area contributed by atoms with Crippen LogP contribution in [0, 0.1) is 0 Å². The quantitative estimate of drug-likeness (QED) is 0.735. The Labute approximate surface area is 76.4 Å². The third kappa shape index (κ3) is 2.43. The summed E-state index contributed by atoms with van der Waals surface area (Å²) in [6, 6.07) is 2.92. The molecule has 70 valence electrons. The molecule has 0 spiro atoms. The molecule has 0 bridgehead atoms. The summed E-state index contributed by atoms with van der Waals surface area (Å²) in [5.74, 6) is -0.699. The van der Waals surface area contributed by atoms with E-state index in [0.717, 1.165) is 18.5 Å². The molecule has 0 aliphatic rings. The van der Waals surface area contributed by atoms with Crippen molar-refractivity contribution in [2.24, 2.45) is 0 Å². The molecule has 3 N–H and O–H groups in total. The predicted molar refractivity (Wildman–Crippen MR) is 49.6 cm³/mol. The van der Waals surface area contributed by atoms with Gasteiger partial charge in [0.15, 0.2) is 0 Å². The molecule has 0 unspecified atom stereocenters. The summed E-state index contributed by atoms with van der Waals surface area (Å²) in [6.45, 7) is 2.01. The second-order valence-corrected chi connectivity index (χ2v) is 2.83. The summed E-state index contributed by atoms with van der Waals surface area (Å²) in [5, 5.41) is 8.72. The number of nitrogens with zero attached hydrogens (tertiary/aromatic N) is 1. The van der Waals surface area contributed by atoms with Crippen molar-refractivity contribution in [3.05, 3.63) is 23.4 Å². The van der Waals surface area contributed by atoms with Crippen LogP contribution in [0.1, 0.15) is 29.4 Å². The van der Waals surface area contributed by atoms with Crippen LogP contribution >= 0.6 is 0 Å². The number of carboxylic acid groups (broad SMARTS) is 1. The van der Waals surface area contributed by atoms with Crippen LogP contribution in [0.5, 0.6) is 0 Å². The highest BCUT2D eigenvalue weighted by atomic mass is 16.4. The first-order valence-corrected chi connectivity index (χ1v) is 4.13. The van der Waals surface area contributed by atoms with E-state index in [1.54, 1.807) is 6.07 Å². The first-order valence-electron chi connectivity index (χ1n) is 4.13. The Morgan fingerprint density at radius 2 is 2.31 bits per heavy atom. The van der Waals surface area contributed by atoms with E-state index in [1.165, 1.54) is 6.07 Å². The number of carbonyl (C=O) groups is 1. The fourth-order valence-electron chi connectivity index (χ4n) is 1.12. The van der Waals surface area contributed by atoms with Gasteiger partial charge >= 0.3 is 5.97 Å². The number of hydrogen-bond donors (Lipinski definition) is 2. The number of hydrogen-bond acceptors (Lipinski definition) is 3. The van der Waals surface area contributed by atoms with Gasteiger partial charge in [-0.25, -0.2) is 9.78 Å². The van der Waals surface area contributed by atoms with E-state index in [0.29, 0.717) is 0 Å². The van der Waals surface area contributed by atoms with E-state index in [9.17, 15) is 4.79 Å². The second kappa shape index (κ2) is 3.89. The Bertz CT molecular complexity index is 323. The van der Waals surface area contributed by atoms with Gasteiger partial charge in [0.1, 0.15) is 5.82 Å². The lowest BCUT2D eigenvalue weighted by Gasteiger charge is -2.01. The van der Waals surface area contributed by atoms with E-state index in [4.69, 9.17) is 10.8 Å². The third-order valence-corrected chi connectivity index (χ3v) is 1.65. The molecule has 0 saturated carbocycles. The first-order chi connectivity index (χ1) is 6.13. The summed E-state index contributed by atoms with van der Waals surface area (Å²) in [4.78, 5) is 14.6. The van der Waals surface area contributed by atoms with Crippen LogP contribution in [0.2, 0.25) is 0 Å². The Hall–Kier alpha value is -1.58. The third-order valence-electron chi connectivity index (χ3n) is 1.65. The second-order valence-electron chi connectivity index (χ2n) is 2.83. The molecule has 0 saturated heterocycles. The molecular weight excluding hydrogens is 168 g/mol. The van der Waals surface area contributed by atoms with Crippen LogP contribution in [-0.2, 0) is 6.42 Å². The van der Waals surface area contributed by atoms with Gasteiger partial charge in [0.2, 0.25) is 0 Å². The maximum atomic E-state index is 10.6. The van der Waals surface area contributed by atoms with Crippen LogP contribution in [0.15, 0.2) is 12.1 Å². The average Bonchev–Trinajstić information content (AvgIpc) is 2.03. The maximum Gasteiger partial charge on any atom is 0.335 e. The highest BCUT2D eigenvalue weighted by Crippen LogP contribution is 2.09. The maximum absolute atomic E-state index is 10.6. The van der Waals surface area contributed by atoms with Crippen LogP contribution in [0.25, 0.3) is 0 Å². The SMILES string of the molecule is CCCc1cc(C(=O)O)cc(N)n1. The summed E-state index contributed by atoms with van der Waals surface area (Å²) in [6.07, 6.45) is 1.68. The molecule has 1 heterocycles. The number of anilines is 1. The topological polar surface area (TPSA) is 76.2 Å². The van der Waals surface area contributed by atoms with Crippen LogP contribution < -0.4 is 5.73 Å². The van der Waals surface area contributed by atoms with Crippen molar-refractivity contribution in [1.29, 1.82) is 0 Å². The van der Waals surface area contributed by atoms with Gasteiger partial charge < -0.3 is 10.8 Å². The summed E-state index contributed by atoms with van der Waals surface area (Å²) in [7, 11) is 0. The van der Waals surface area contributed by atoms with Crippen molar-refractivity contribution < 1.29 is 9.90 Å². The highest BCUT2D eigenvalue weighted by Gasteiger charge is 2.05. The van der Waals surface area contributed by atoms with Gasteiger partial charge in [-0.1, -0.05) is 13.3 Å². The highest BCUT2D eigenvalue weighted by molar-refractivity contribution is 5.88. The number of rotatable bonds is 3. The minimum absolute atomic E-state index is 0.205. The molecule has 1 aromatic heterocycles. The molecule has 0 aliphatic heterocycles. The molecule has 0 atom stereocenters. The lowest BCUT2D eigenvalue weighted by molar-refractivity contribution is 0.0696. The Morgan fingerprint density at radius 3 is 2.85 bits per heavy atom. The zero-order valence-corrected chi connectivity index (χ0v) is 7.45. The Kier molecular flexibility index (Phi) is 2.84. The lowest BCUT2D eigenvalue weighted by Crippen LogP contribution is -2.03. The van der Waals surface area contributed by atoms with Gasteiger partial charge in [-0.15, -0.1) is 0 Å².